The second-order valence-corrected chi connectivity index (χ2v) is 6.01. The molecule has 0 aliphatic carbocycles. The molecular weight excluding hydrogens is 262 g/mol. The Bertz CT molecular complexity index is 461. The second kappa shape index (κ2) is 7.99. The van der Waals surface area contributed by atoms with Crippen molar-refractivity contribution >= 4 is 12.0 Å². The van der Waals surface area contributed by atoms with E-state index in [2.05, 4.69) is 38.1 Å². The first-order valence-electron chi connectivity index (χ1n) is 7.75. The SMILES string of the molecule is CC(C)CN(C/C=C/c1ccccc1)C(=O)[C@H]1CCOC1. The number of hydrogen-bond acceptors (Lipinski definition) is 2. The van der Waals surface area contributed by atoms with Crippen molar-refractivity contribution in [2.75, 3.05) is 26.3 Å². The molecule has 1 heterocycles. The normalized spacial score (nSPS) is 18.5. The molecular formula is C18H25NO2. The summed E-state index contributed by atoms with van der Waals surface area (Å²) in [5, 5.41) is 0. The smallest absolute Gasteiger partial charge is 0.228 e. The summed E-state index contributed by atoms with van der Waals surface area (Å²) in [6.45, 7) is 7.05. The Morgan fingerprint density at radius 2 is 2.14 bits per heavy atom. The third-order valence-corrected chi connectivity index (χ3v) is 3.61. The highest BCUT2D eigenvalue weighted by molar-refractivity contribution is 5.79. The summed E-state index contributed by atoms with van der Waals surface area (Å²) in [7, 11) is 0. The topological polar surface area (TPSA) is 29.5 Å². The Balaban J connectivity index is 1.95. The second-order valence-electron chi connectivity index (χ2n) is 6.01. The molecule has 0 spiro atoms. The zero-order chi connectivity index (χ0) is 15.1. The molecule has 3 nitrogen and oxygen atoms in total. The van der Waals surface area contributed by atoms with Crippen molar-refractivity contribution in [3.05, 3.63) is 42.0 Å². The fourth-order valence-corrected chi connectivity index (χ4v) is 2.56. The summed E-state index contributed by atoms with van der Waals surface area (Å²) in [6, 6.07) is 10.2. The molecule has 0 radical (unpaired) electrons. The van der Waals surface area contributed by atoms with Gasteiger partial charge in [0.1, 0.15) is 0 Å². The Labute approximate surface area is 127 Å². The lowest BCUT2D eigenvalue weighted by atomic mass is 10.1. The molecule has 1 aliphatic rings. The minimum absolute atomic E-state index is 0.0499. The van der Waals surface area contributed by atoms with Crippen LogP contribution in [0.4, 0.5) is 0 Å². The van der Waals surface area contributed by atoms with E-state index >= 15 is 0 Å². The lowest BCUT2D eigenvalue weighted by molar-refractivity contribution is -0.135. The average molecular weight is 287 g/mol. The van der Waals surface area contributed by atoms with E-state index in [0.717, 1.165) is 13.0 Å². The van der Waals surface area contributed by atoms with Crippen LogP contribution in [-0.4, -0.2) is 37.1 Å². The maximum absolute atomic E-state index is 12.5. The molecule has 1 saturated heterocycles. The highest BCUT2D eigenvalue weighted by Gasteiger charge is 2.27. The van der Waals surface area contributed by atoms with Crippen LogP contribution in [0.25, 0.3) is 6.08 Å². The zero-order valence-electron chi connectivity index (χ0n) is 13.0. The van der Waals surface area contributed by atoms with Crippen molar-refractivity contribution in [2.24, 2.45) is 11.8 Å². The molecule has 0 saturated carbocycles. The van der Waals surface area contributed by atoms with E-state index in [1.54, 1.807) is 0 Å². The molecule has 0 bridgehead atoms. The number of nitrogens with zero attached hydrogens (tertiary/aromatic N) is 1. The lowest BCUT2D eigenvalue weighted by Crippen LogP contribution is -2.39. The van der Waals surface area contributed by atoms with E-state index in [4.69, 9.17) is 4.74 Å². The molecule has 0 aromatic heterocycles. The summed E-state index contributed by atoms with van der Waals surface area (Å²) >= 11 is 0. The van der Waals surface area contributed by atoms with E-state index in [-0.39, 0.29) is 11.8 Å². The number of amides is 1. The largest absolute Gasteiger partial charge is 0.381 e. The zero-order valence-corrected chi connectivity index (χ0v) is 13.0. The van der Waals surface area contributed by atoms with E-state index in [0.29, 0.717) is 25.7 Å². The minimum Gasteiger partial charge on any atom is -0.381 e. The first kappa shape index (κ1) is 15.8. The Hall–Kier alpha value is -1.61. The molecule has 1 aliphatic heterocycles. The van der Waals surface area contributed by atoms with Crippen LogP contribution < -0.4 is 0 Å². The van der Waals surface area contributed by atoms with Crippen LogP contribution in [-0.2, 0) is 9.53 Å². The molecule has 1 amide bonds. The fraction of sp³-hybridized carbons (Fsp3) is 0.500. The van der Waals surface area contributed by atoms with Gasteiger partial charge < -0.3 is 9.64 Å². The van der Waals surface area contributed by atoms with Gasteiger partial charge in [0.2, 0.25) is 5.91 Å². The van der Waals surface area contributed by atoms with Gasteiger partial charge >= 0.3 is 0 Å². The summed E-state index contributed by atoms with van der Waals surface area (Å²) in [6.07, 6.45) is 5.01. The molecule has 0 N–H and O–H groups in total. The summed E-state index contributed by atoms with van der Waals surface area (Å²) in [4.78, 5) is 14.5. The van der Waals surface area contributed by atoms with Gasteiger partial charge in [-0.1, -0.05) is 56.3 Å². The predicted molar refractivity (Wildman–Crippen MR) is 85.8 cm³/mol. The van der Waals surface area contributed by atoms with Crippen molar-refractivity contribution in [3.63, 3.8) is 0 Å². The van der Waals surface area contributed by atoms with Gasteiger partial charge in [-0.2, -0.15) is 0 Å². The summed E-state index contributed by atoms with van der Waals surface area (Å²) in [5.41, 5.74) is 1.17. The van der Waals surface area contributed by atoms with Gasteiger partial charge in [0, 0.05) is 19.7 Å². The quantitative estimate of drug-likeness (QED) is 0.804. The Morgan fingerprint density at radius 3 is 2.76 bits per heavy atom. The predicted octanol–water partition coefficient (Wildman–Crippen LogP) is 3.22. The lowest BCUT2D eigenvalue weighted by Gasteiger charge is -2.25. The van der Waals surface area contributed by atoms with Crippen LogP contribution in [0.2, 0.25) is 0 Å². The average Bonchev–Trinajstić information content (AvgIpc) is 3.00. The van der Waals surface area contributed by atoms with Gasteiger partial charge in [-0.05, 0) is 17.9 Å². The molecule has 21 heavy (non-hydrogen) atoms. The van der Waals surface area contributed by atoms with E-state index < -0.39 is 0 Å². The first-order chi connectivity index (χ1) is 10.2. The van der Waals surface area contributed by atoms with Crippen molar-refractivity contribution in [3.8, 4) is 0 Å². The molecule has 1 aromatic rings. The monoisotopic (exact) mass is 287 g/mol. The summed E-state index contributed by atoms with van der Waals surface area (Å²) < 4.78 is 5.34. The van der Waals surface area contributed by atoms with Crippen LogP contribution in [0.15, 0.2) is 36.4 Å². The molecule has 114 valence electrons. The Kier molecular flexibility index (Phi) is 6.00. The summed E-state index contributed by atoms with van der Waals surface area (Å²) in [5.74, 6) is 0.759. The maximum Gasteiger partial charge on any atom is 0.228 e. The number of benzene rings is 1. The van der Waals surface area contributed by atoms with Gasteiger partial charge in [-0.15, -0.1) is 0 Å². The van der Waals surface area contributed by atoms with Crippen LogP contribution in [0.5, 0.6) is 0 Å². The standard InChI is InChI=1S/C18H25NO2/c1-15(2)13-19(18(20)17-10-12-21-14-17)11-6-9-16-7-4-3-5-8-16/h3-9,15,17H,10-14H2,1-2H3/b9-6+/t17-/m0/s1. The van der Waals surface area contributed by atoms with Crippen molar-refractivity contribution < 1.29 is 9.53 Å². The number of rotatable bonds is 6. The molecule has 3 heteroatoms. The van der Waals surface area contributed by atoms with Crippen molar-refractivity contribution in [1.82, 2.24) is 4.90 Å². The van der Waals surface area contributed by atoms with Gasteiger partial charge in [0.05, 0.1) is 12.5 Å². The molecule has 0 unspecified atom stereocenters. The van der Waals surface area contributed by atoms with Crippen LogP contribution in [0.3, 0.4) is 0 Å². The van der Waals surface area contributed by atoms with Crippen LogP contribution >= 0.6 is 0 Å². The number of ether oxygens (including phenoxy) is 1. The van der Waals surface area contributed by atoms with Gasteiger partial charge in [0.15, 0.2) is 0 Å². The van der Waals surface area contributed by atoms with E-state index in [1.807, 2.05) is 23.1 Å². The van der Waals surface area contributed by atoms with Crippen LogP contribution in [0, 0.1) is 11.8 Å². The number of carbonyl (C=O) groups is 1. The molecule has 1 fully saturated rings. The van der Waals surface area contributed by atoms with E-state index in [9.17, 15) is 4.79 Å². The van der Waals surface area contributed by atoms with Crippen molar-refractivity contribution in [2.45, 2.75) is 20.3 Å². The molecule has 1 atom stereocenters. The first-order valence-corrected chi connectivity index (χ1v) is 7.75. The number of carbonyl (C=O) groups excluding carboxylic acids is 1. The van der Waals surface area contributed by atoms with E-state index in [1.165, 1.54) is 5.56 Å². The van der Waals surface area contributed by atoms with Gasteiger partial charge in [-0.25, -0.2) is 0 Å². The van der Waals surface area contributed by atoms with Gasteiger partial charge in [-0.3, -0.25) is 4.79 Å². The fourth-order valence-electron chi connectivity index (χ4n) is 2.56. The minimum atomic E-state index is 0.0499. The maximum atomic E-state index is 12.5. The highest BCUT2D eigenvalue weighted by Crippen LogP contribution is 2.16. The van der Waals surface area contributed by atoms with Crippen LogP contribution in [0.1, 0.15) is 25.8 Å². The molecule has 2 rings (SSSR count). The molecule has 1 aromatic carbocycles. The third kappa shape index (κ3) is 5.01. The highest BCUT2D eigenvalue weighted by atomic mass is 16.5. The van der Waals surface area contributed by atoms with Crippen molar-refractivity contribution in [1.29, 1.82) is 0 Å². The van der Waals surface area contributed by atoms with Gasteiger partial charge in [0.25, 0.3) is 0 Å². The third-order valence-electron chi connectivity index (χ3n) is 3.61. The Morgan fingerprint density at radius 1 is 1.38 bits per heavy atom. The number of hydrogen-bond donors (Lipinski definition) is 0.